The molecule has 7 heteroatoms. The van der Waals surface area contributed by atoms with E-state index in [1.165, 1.54) is 6.07 Å². The van der Waals surface area contributed by atoms with Gasteiger partial charge in [0.25, 0.3) is 0 Å². The summed E-state index contributed by atoms with van der Waals surface area (Å²) in [5.74, 6) is -0.311. The SMILES string of the molecule is CCN(C)CCNC(=NC)NCc1cc(F)ccc1F.I. The Balaban J connectivity index is 0.00000400. The summed E-state index contributed by atoms with van der Waals surface area (Å²) in [5, 5.41) is 6.08. The highest BCUT2D eigenvalue weighted by Gasteiger charge is 2.05. The number of likely N-dealkylation sites (N-methyl/N-ethyl adjacent to an activating group) is 1. The number of benzene rings is 1. The minimum absolute atomic E-state index is 0. The number of guanidine groups is 1. The van der Waals surface area contributed by atoms with E-state index >= 15 is 0 Å². The number of nitrogens with one attached hydrogen (secondary N) is 2. The number of hydrogen-bond acceptors (Lipinski definition) is 2. The highest BCUT2D eigenvalue weighted by atomic mass is 127. The summed E-state index contributed by atoms with van der Waals surface area (Å²) in [4.78, 5) is 6.20. The first-order valence-corrected chi connectivity index (χ1v) is 6.63. The van der Waals surface area contributed by atoms with Crippen molar-refractivity contribution in [2.45, 2.75) is 13.5 Å². The van der Waals surface area contributed by atoms with E-state index in [0.717, 1.165) is 31.8 Å². The number of halogens is 3. The summed E-state index contributed by atoms with van der Waals surface area (Å²) in [6.07, 6.45) is 0. The fraction of sp³-hybridized carbons (Fsp3) is 0.500. The largest absolute Gasteiger partial charge is 0.355 e. The Morgan fingerprint density at radius 3 is 2.62 bits per heavy atom. The molecule has 120 valence electrons. The van der Waals surface area contributed by atoms with Crippen LogP contribution in [0.2, 0.25) is 0 Å². The Hall–Kier alpha value is -0.960. The average Bonchev–Trinajstić information content (AvgIpc) is 2.45. The molecule has 21 heavy (non-hydrogen) atoms. The first-order chi connectivity index (χ1) is 9.56. The quantitative estimate of drug-likeness (QED) is 0.428. The molecule has 0 aromatic heterocycles. The molecule has 1 aromatic carbocycles. The van der Waals surface area contributed by atoms with E-state index in [1.807, 2.05) is 7.05 Å². The molecule has 0 heterocycles. The second-order valence-corrected chi connectivity index (χ2v) is 4.48. The van der Waals surface area contributed by atoms with Crippen LogP contribution in [-0.2, 0) is 6.54 Å². The number of hydrogen-bond donors (Lipinski definition) is 2. The van der Waals surface area contributed by atoms with Gasteiger partial charge in [-0.15, -0.1) is 24.0 Å². The Labute approximate surface area is 142 Å². The highest BCUT2D eigenvalue weighted by molar-refractivity contribution is 14.0. The summed E-state index contributed by atoms with van der Waals surface area (Å²) < 4.78 is 26.5. The monoisotopic (exact) mass is 412 g/mol. The lowest BCUT2D eigenvalue weighted by Crippen LogP contribution is -2.40. The maximum Gasteiger partial charge on any atom is 0.191 e. The third-order valence-corrected chi connectivity index (χ3v) is 3.00. The maximum absolute atomic E-state index is 13.5. The first-order valence-electron chi connectivity index (χ1n) is 6.63. The minimum atomic E-state index is -0.448. The van der Waals surface area contributed by atoms with Crippen molar-refractivity contribution in [3.63, 3.8) is 0 Å². The Bertz CT molecular complexity index is 455. The van der Waals surface area contributed by atoms with Crippen molar-refractivity contribution >= 4 is 29.9 Å². The number of aliphatic imine (C=N–C) groups is 1. The zero-order valence-electron chi connectivity index (χ0n) is 12.6. The van der Waals surface area contributed by atoms with Gasteiger partial charge in [-0.3, -0.25) is 4.99 Å². The molecule has 0 unspecified atom stereocenters. The van der Waals surface area contributed by atoms with Gasteiger partial charge >= 0.3 is 0 Å². The topological polar surface area (TPSA) is 39.7 Å². The van der Waals surface area contributed by atoms with Gasteiger partial charge in [-0.05, 0) is 31.8 Å². The normalized spacial score (nSPS) is 11.2. The van der Waals surface area contributed by atoms with E-state index in [-0.39, 0.29) is 36.1 Å². The molecule has 0 aliphatic carbocycles. The Kier molecular flexibility index (Phi) is 10.2. The summed E-state index contributed by atoms with van der Waals surface area (Å²) in [7, 11) is 3.67. The van der Waals surface area contributed by atoms with E-state index in [0.29, 0.717) is 5.96 Å². The van der Waals surface area contributed by atoms with Crippen LogP contribution < -0.4 is 10.6 Å². The Morgan fingerprint density at radius 2 is 2.00 bits per heavy atom. The van der Waals surface area contributed by atoms with Crippen LogP contribution in [0.25, 0.3) is 0 Å². The molecule has 0 amide bonds. The van der Waals surface area contributed by atoms with Gasteiger partial charge < -0.3 is 15.5 Å². The molecule has 0 aliphatic rings. The third kappa shape index (κ3) is 7.56. The minimum Gasteiger partial charge on any atom is -0.355 e. The molecule has 0 bridgehead atoms. The molecule has 0 aliphatic heterocycles. The molecule has 1 rings (SSSR count). The van der Waals surface area contributed by atoms with Crippen LogP contribution in [0.5, 0.6) is 0 Å². The van der Waals surface area contributed by atoms with Crippen molar-refractivity contribution in [3.8, 4) is 0 Å². The van der Waals surface area contributed by atoms with E-state index < -0.39 is 11.6 Å². The van der Waals surface area contributed by atoms with Crippen LogP contribution in [0.15, 0.2) is 23.2 Å². The molecule has 1 aromatic rings. The molecule has 0 spiro atoms. The summed E-state index contributed by atoms with van der Waals surface area (Å²) in [5.41, 5.74) is 0.277. The van der Waals surface area contributed by atoms with Gasteiger partial charge in [0, 0.05) is 32.2 Å². The Morgan fingerprint density at radius 1 is 1.29 bits per heavy atom. The summed E-state index contributed by atoms with van der Waals surface area (Å²) in [6.45, 7) is 4.86. The second-order valence-electron chi connectivity index (χ2n) is 4.48. The lowest BCUT2D eigenvalue weighted by Gasteiger charge is -2.16. The molecule has 0 saturated carbocycles. The van der Waals surface area contributed by atoms with Crippen LogP contribution in [0.3, 0.4) is 0 Å². The van der Waals surface area contributed by atoms with Crippen molar-refractivity contribution in [3.05, 3.63) is 35.4 Å². The lowest BCUT2D eigenvalue weighted by atomic mass is 10.2. The van der Waals surface area contributed by atoms with Crippen LogP contribution in [0.1, 0.15) is 12.5 Å². The predicted molar refractivity (Wildman–Crippen MR) is 93.1 cm³/mol. The molecular formula is C14H23F2IN4. The lowest BCUT2D eigenvalue weighted by molar-refractivity contribution is 0.357. The summed E-state index contributed by atoms with van der Waals surface area (Å²) >= 11 is 0. The third-order valence-electron chi connectivity index (χ3n) is 3.00. The fourth-order valence-electron chi connectivity index (χ4n) is 1.60. The molecule has 0 radical (unpaired) electrons. The molecular weight excluding hydrogens is 389 g/mol. The van der Waals surface area contributed by atoms with E-state index in [1.54, 1.807) is 7.05 Å². The summed E-state index contributed by atoms with van der Waals surface area (Å²) in [6, 6.07) is 3.41. The van der Waals surface area contributed by atoms with Gasteiger partial charge in [-0.2, -0.15) is 0 Å². The van der Waals surface area contributed by atoms with Crippen LogP contribution in [0, 0.1) is 11.6 Å². The molecule has 0 fully saturated rings. The highest BCUT2D eigenvalue weighted by Crippen LogP contribution is 2.08. The van der Waals surface area contributed by atoms with Gasteiger partial charge in [0.2, 0.25) is 0 Å². The van der Waals surface area contributed by atoms with Gasteiger partial charge in [-0.1, -0.05) is 6.92 Å². The van der Waals surface area contributed by atoms with Crippen molar-refractivity contribution in [2.75, 3.05) is 33.7 Å². The van der Waals surface area contributed by atoms with Crippen LogP contribution in [0.4, 0.5) is 8.78 Å². The van der Waals surface area contributed by atoms with Gasteiger partial charge in [0.15, 0.2) is 5.96 Å². The molecule has 0 atom stereocenters. The number of rotatable bonds is 6. The maximum atomic E-state index is 13.5. The zero-order valence-corrected chi connectivity index (χ0v) is 14.9. The van der Waals surface area contributed by atoms with E-state index in [9.17, 15) is 8.78 Å². The van der Waals surface area contributed by atoms with Gasteiger partial charge in [0.05, 0.1) is 0 Å². The van der Waals surface area contributed by atoms with Gasteiger partial charge in [0.1, 0.15) is 11.6 Å². The smallest absolute Gasteiger partial charge is 0.191 e. The van der Waals surface area contributed by atoms with Crippen molar-refractivity contribution < 1.29 is 8.78 Å². The molecule has 4 nitrogen and oxygen atoms in total. The molecule has 0 saturated heterocycles. The zero-order chi connectivity index (χ0) is 15.0. The number of nitrogens with zero attached hydrogens (tertiary/aromatic N) is 2. The van der Waals surface area contributed by atoms with Crippen LogP contribution in [-0.4, -0.2) is 44.6 Å². The fourth-order valence-corrected chi connectivity index (χ4v) is 1.60. The first kappa shape index (κ1) is 20.0. The van der Waals surface area contributed by atoms with Gasteiger partial charge in [-0.25, -0.2) is 8.78 Å². The average molecular weight is 412 g/mol. The predicted octanol–water partition coefficient (Wildman–Crippen LogP) is 2.20. The van der Waals surface area contributed by atoms with E-state index in [2.05, 4.69) is 27.4 Å². The van der Waals surface area contributed by atoms with E-state index in [4.69, 9.17) is 0 Å². The van der Waals surface area contributed by atoms with Crippen molar-refractivity contribution in [2.24, 2.45) is 4.99 Å². The standard InChI is InChI=1S/C14H22F2N4.HI/c1-4-20(3)8-7-18-14(17-2)19-10-11-9-12(15)5-6-13(11)16;/h5-6,9H,4,7-8,10H2,1-3H3,(H2,17,18,19);1H. The second kappa shape index (κ2) is 10.7. The van der Waals surface area contributed by atoms with Crippen molar-refractivity contribution in [1.29, 1.82) is 0 Å². The molecule has 2 N–H and O–H groups in total. The van der Waals surface area contributed by atoms with Crippen LogP contribution >= 0.6 is 24.0 Å². The van der Waals surface area contributed by atoms with Crippen molar-refractivity contribution in [1.82, 2.24) is 15.5 Å².